The van der Waals surface area contributed by atoms with E-state index in [1.54, 1.807) is 0 Å². The fourth-order valence-corrected chi connectivity index (χ4v) is 1.34. The molecule has 0 bridgehead atoms. The molecular weight excluding hydrogens is 152 g/mol. The summed E-state index contributed by atoms with van der Waals surface area (Å²) < 4.78 is 0. The molecule has 1 aliphatic rings. The Morgan fingerprint density at radius 1 is 1.67 bits per heavy atom. The molecule has 3 heteroatoms. The molecule has 0 radical (unpaired) electrons. The van der Waals surface area contributed by atoms with Crippen LogP contribution in [0.4, 0.5) is 0 Å². The van der Waals surface area contributed by atoms with Gasteiger partial charge < -0.3 is 10.4 Å². The Bertz CT molecular complexity index is 181. The number of aliphatic hydroxyl groups is 1. The van der Waals surface area contributed by atoms with Crippen molar-refractivity contribution in [2.24, 2.45) is 0 Å². The summed E-state index contributed by atoms with van der Waals surface area (Å²) in [6.07, 6.45) is 3.59. The van der Waals surface area contributed by atoms with E-state index in [1.165, 1.54) is 0 Å². The van der Waals surface area contributed by atoms with Gasteiger partial charge in [-0.3, -0.25) is 0 Å². The van der Waals surface area contributed by atoms with Crippen molar-refractivity contribution in [2.75, 3.05) is 6.61 Å². The summed E-state index contributed by atoms with van der Waals surface area (Å²) >= 11 is 0. The molecule has 0 spiro atoms. The zero-order valence-corrected chi connectivity index (χ0v) is 7.51. The lowest BCUT2D eigenvalue weighted by molar-refractivity contribution is 0.217. The molecule has 0 heterocycles. The molecule has 2 N–H and O–H groups in total. The minimum atomic E-state index is -0.0302. The van der Waals surface area contributed by atoms with Gasteiger partial charge in [0.1, 0.15) is 0 Å². The van der Waals surface area contributed by atoms with Gasteiger partial charge in [-0.15, -0.1) is 0 Å². The van der Waals surface area contributed by atoms with Gasteiger partial charge in [-0.05, 0) is 19.3 Å². The Morgan fingerprint density at radius 3 is 2.67 bits per heavy atom. The highest BCUT2D eigenvalue weighted by Gasteiger charge is 2.42. The van der Waals surface area contributed by atoms with E-state index in [-0.39, 0.29) is 18.2 Å². The van der Waals surface area contributed by atoms with Crippen LogP contribution in [-0.2, 0) is 0 Å². The van der Waals surface area contributed by atoms with E-state index in [0.717, 1.165) is 19.3 Å². The minimum absolute atomic E-state index is 0.0302. The molecule has 1 unspecified atom stereocenters. The maximum Gasteiger partial charge on any atom is 0.0638 e. The van der Waals surface area contributed by atoms with Crippen molar-refractivity contribution in [1.82, 2.24) is 5.32 Å². The fourth-order valence-electron chi connectivity index (χ4n) is 1.34. The molecule has 12 heavy (non-hydrogen) atoms. The number of nitrogens with one attached hydrogen (secondary N) is 1. The second-order valence-corrected chi connectivity index (χ2v) is 3.55. The molecule has 0 aliphatic heterocycles. The molecule has 0 aromatic rings. The molecule has 1 atom stereocenters. The molecule has 0 aromatic carbocycles. The van der Waals surface area contributed by atoms with Crippen LogP contribution in [0.15, 0.2) is 0 Å². The van der Waals surface area contributed by atoms with Crippen molar-refractivity contribution in [2.45, 2.75) is 44.2 Å². The quantitative estimate of drug-likeness (QED) is 0.638. The van der Waals surface area contributed by atoms with Crippen molar-refractivity contribution in [3.63, 3.8) is 0 Å². The van der Waals surface area contributed by atoms with Crippen LogP contribution in [0.25, 0.3) is 0 Å². The number of nitrogens with zero attached hydrogens (tertiary/aromatic N) is 1. The van der Waals surface area contributed by atoms with Gasteiger partial charge in [-0.2, -0.15) is 5.26 Å². The highest BCUT2D eigenvalue weighted by molar-refractivity contribution is 5.03. The van der Waals surface area contributed by atoms with Crippen LogP contribution in [0.5, 0.6) is 0 Å². The standard InChI is InChI=1S/C9H16N2O/c1-2-8(3-6-10)11-9(7-12)4-5-9/h8,11-12H,2-5,7H2,1H3. The van der Waals surface area contributed by atoms with Crippen molar-refractivity contribution < 1.29 is 5.11 Å². The van der Waals surface area contributed by atoms with Crippen LogP contribution in [0.2, 0.25) is 0 Å². The van der Waals surface area contributed by atoms with E-state index >= 15 is 0 Å². The van der Waals surface area contributed by atoms with Crippen molar-refractivity contribution >= 4 is 0 Å². The van der Waals surface area contributed by atoms with Crippen LogP contribution in [0.1, 0.15) is 32.6 Å². The van der Waals surface area contributed by atoms with Gasteiger partial charge in [0.25, 0.3) is 0 Å². The first-order chi connectivity index (χ1) is 5.76. The Morgan fingerprint density at radius 2 is 2.33 bits per heavy atom. The third-order valence-electron chi connectivity index (χ3n) is 2.50. The fraction of sp³-hybridized carbons (Fsp3) is 0.889. The maximum atomic E-state index is 9.02. The van der Waals surface area contributed by atoms with E-state index in [9.17, 15) is 0 Å². The molecule has 0 aromatic heterocycles. The summed E-state index contributed by atoms with van der Waals surface area (Å²) in [6, 6.07) is 2.40. The molecular formula is C9H16N2O. The Balaban J connectivity index is 2.32. The van der Waals surface area contributed by atoms with Crippen molar-refractivity contribution in [3.05, 3.63) is 0 Å². The predicted molar refractivity (Wildman–Crippen MR) is 46.5 cm³/mol. The average Bonchev–Trinajstić information content (AvgIpc) is 2.85. The van der Waals surface area contributed by atoms with Crippen molar-refractivity contribution in [1.29, 1.82) is 5.26 Å². The van der Waals surface area contributed by atoms with Crippen molar-refractivity contribution in [3.8, 4) is 6.07 Å². The number of aliphatic hydroxyl groups excluding tert-OH is 1. The van der Waals surface area contributed by atoms with Crippen LogP contribution >= 0.6 is 0 Å². The molecule has 0 amide bonds. The first-order valence-corrected chi connectivity index (χ1v) is 4.52. The lowest BCUT2D eigenvalue weighted by Crippen LogP contribution is -2.42. The molecule has 3 nitrogen and oxygen atoms in total. The van der Waals surface area contributed by atoms with E-state index in [2.05, 4.69) is 18.3 Å². The largest absolute Gasteiger partial charge is 0.394 e. The van der Waals surface area contributed by atoms with Crippen LogP contribution in [0, 0.1) is 11.3 Å². The van der Waals surface area contributed by atoms with Gasteiger partial charge in [0.15, 0.2) is 0 Å². The van der Waals surface area contributed by atoms with E-state index in [0.29, 0.717) is 6.42 Å². The lowest BCUT2D eigenvalue weighted by atomic mass is 10.1. The van der Waals surface area contributed by atoms with E-state index in [4.69, 9.17) is 10.4 Å². The summed E-state index contributed by atoms with van der Waals surface area (Å²) in [4.78, 5) is 0. The summed E-state index contributed by atoms with van der Waals surface area (Å²) in [5.41, 5.74) is -0.0302. The number of hydrogen-bond acceptors (Lipinski definition) is 3. The zero-order valence-electron chi connectivity index (χ0n) is 7.51. The molecule has 1 aliphatic carbocycles. The minimum Gasteiger partial charge on any atom is -0.394 e. The number of rotatable bonds is 5. The number of hydrogen-bond donors (Lipinski definition) is 2. The van der Waals surface area contributed by atoms with Gasteiger partial charge in [0.05, 0.1) is 19.1 Å². The Kier molecular flexibility index (Phi) is 3.07. The average molecular weight is 168 g/mol. The van der Waals surface area contributed by atoms with E-state index < -0.39 is 0 Å². The molecule has 0 saturated heterocycles. The van der Waals surface area contributed by atoms with Gasteiger partial charge in [-0.1, -0.05) is 6.92 Å². The molecule has 68 valence electrons. The summed E-state index contributed by atoms with van der Waals surface area (Å²) in [6.45, 7) is 2.26. The first kappa shape index (κ1) is 9.50. The second kappa shape index (κ2) is 3.88. The van der Waals surface area contributed by atoms with Gasteiger partial charge in [0.2, 0.25) is 0 Å². The third kappa shape index (κ3) is 2.20. The SMILES string of the molecule is CCC(CC#N)NC1(CO)CC1. The first-order valence-electron chi connectivity index (χ1n) is 4.52. The predicted octanol–water partition coefficient (Wildman–Crippen LogP) is 0.793. The number of nitriles is 1. The maximum absolute atomic E-state index is 9.02. The summed E-state index contributed by atoms with van der Waals surface area (Å²) in [5, 5.41) is 20.9. The zero-order chi connectivity index (χ0) is 9.03. The normalized spacial score (nSPS) is 21.4. The smallest absolute Gasteiger partial charge is 0.0638 e. The second-order valence-electron chi connectivity index (χ2n) is 3.55. The molecule has 1 saturated carbocycles. The van der Waals surface area contributed by atoms with Crippen LogP contribution in [-0.4, -0.2) is 23.3 Å². The van der Waals surface area contributed by atoms with E-state index in [1.807, 2.05) is 0 Å². The van der Waals surface area contributed by atoms with Gasteiger partial charge in [-0.25, -0.2) is 0 Å². The monoisotopic (exact) mass is 168 g/mol. The lowest BCUT2D eigenvalue weighted by Gasteiger charge is -2.20. The molecule has 1 fully saturated rings. The molecule has 1 rings (SSSR count). The Hall–Kier alpha value is -0.590. The summed E-state index contributed by atoms with van der Waals surface area (Å²) in [5.74, 6) is 0. The van der Waals surface area contributed by atoms with Crippen LogP contribution < -0.4 is 5.32 Å². The highest BCUT2D eigenvalue weighted by atomic mass is 16.3. The third-order valence-corrected chi connectivity index (χ3v) is 2.50. The topological polar surface area (TPSA) is 56.0 Å². The highest BCUT2D eigenvalue weighted by Crippen LogP contribution is 2.35. The van der Waals surface area contributed by atoms with Crippen LogP contribution in [0.3, 0.4) is 0 Å². The Labute approximate surface area is 73.4 Å². The van der Waals surface area contributed by atoms with Gasteiger partial charge >= 0.3 is 0 Å². The summed E-state index contributed by atoms with van der Waals surface area (Å²) in [7, 11) is 0. The van der Waals surface area contributed by atoms with Gasteiger partial charge in [0, 0.05) is 11.6 Å².